The van der Waals surface area contributed by atoms with E-state index < -0.39 is 0 Å². The van der Waals surface area contributed by atoms with Crippen molar-refractivity contribution in [2.24, 2.45) is 5.92 Å². The molecule has 0 aliphatic carbocycles. The van der Waals surface area contributed by atoms with Crippen molar-refractivity contribution >= 4 is 5.91 Å². The third kappa shape index (κ3) is 2.73. The second-order valence-electron chi connectivity index (χ2n) is 3.61. The van der Waals surface area contributed by atoms with E-state index in [1.807, 2.05) is 4.90 Å². The summed E-state index contributed by atoms with van der Waals surface area (Å²) >= 11 is 0. The van der Waals surface area contributed by atoms with Gasteiger partial charge in [0.2, 0.25) is 5.91 Å². The largest absolute Gasteiger partial charge is 0.341 e. The van der Waals surface area contributed by atoms with E-state index in [1.54, 1.807) is 0 Å². The van der Waals surface area contributed by atoms with Crippen molar-refractivity contribution in [3.63, 3.8) is 0 Å². The zero-order valence-corrected chi connectivity index (χ0v) is 8.12. The van der Waals surface area contributed by atoms with Crippen LogP contribution in [0.5, 0.6) is 0 Å². The maximum atomic E-state index is 11.4. The fourth-order valence-corrected chi connectivity index (χ4v) is 1.86. The molecule has 0 aromatic rings. The molecule has 0 bridgehead atoms. The molecule has 1 unspecified atom stereocenters. The van der Waals surface area contributed by atoms with E-state index in [9.17, 15) is 4.79 Å². The third-order valence-electron chi connectivity index (χ3n) is 2.49. The molecular formula is C10H16N2O. The fourth-order valence-electron chi connectivity index (χ4n) is 1.86. The Labute approximate surface area is 79.3 Å². The number of carbonyl (C=O) groups is 1. The van der Waals surface area contributed by atoms with Gasteiger partial charge < -0.3 is 4.90 Å². The molecule has 0 radical (unpaired) electrons. The van der Waals surface area contributed by atoms with Gasteiger partial charge in [-0.25, -0.2) is 0 Å². The smallest absolute Gasteiger partial charge is 0.222 e. The molecule has 1 atom stereocenters. The van der Waals surface area contributed by atoms with E-state index in [1.165, 1.54) is 0 Å². The summed E-state index contributed by atoms with van der Waals surface area (Å²) in [5, 5.41) is 8.39. The van der Waals surface area contributed by atoms with Crippen LogP contribution in [0.4, 0.5) is 0 Å². The first-order chi connectivity index (χ1) is 6.27. The minimum absolute atomic E-state index is 0.230. The quantitative estimate of drug-likeness (QED) is 0.658. The standard InChI is InChI=1S/C10H16N2O/c1-2-4-9-7-10(13)12(8-9)6-3-5-11/h9H,2-4,6-8H2,1H3. The van der Waals surface area contributed by atoms with E-state index in [4.69, 9.17) is 5.26 Å². The Balaban J connectivity index is 2.34. The van der Waals surface area contributed by atoms with Gasteiger partial charge in [-0.15, -0.1) is 0 Å². The molecule has 0 spiro atoms. The van der Waals surface area contributed by atoms with Gasteiger partial charge in [0.25, 0.3) is 0 Å². The Morgan fingerprint density at radius 3 is 3.08 bits per heavy atom. The Morgan fingerprint density at radius 2 is 2.46 bits per heavy atom. The highest BCUT2D eigenvalue weighted by atomic mass is 16.2. The highest BCUT2D eigenvalue weighted by molar-refractivity contribution is 5.78. The Bertz CT molecular complexity index is 219. The number of nitriles is 1. The lowest BCUT2D eigenvalue weighted by Gasteiger charge is -2.13. The van der Waals surface area contributed by atoms with E-state index in [-0.39, 0.29) is 5.91 Å². The van der Waals surface area contributed by atoms with E-state index in [0.717, 1.165) is 19.4 Å². The third-order valence-corrected chi connectivity index (χ3v) is 2.49. The monoisotopic (exact) mass is 180 g/mol. The normalized spacial score (nSPS) is 22.0. The van der Waals surface area contributed by atoms with Crippen LogP contribution in [0.2, 0.25) is 0 Å². The predicted octanol–water partition coefficient (Wildman–Crippen LogP) is 1.55. The van der Waals surface area contributed by atoms with Crippen molar-refractivity contribution in [2.45, 2.75) is 32.6 Å². The van der Waals surface area contributed by atoms with Gasteiger partial charge in [-0.1, -0.05) is 13.3 Å². The molecule has 1 aliphatic heterocycles. The number of likely N-dealkylation sites (tertiary alicyclic amines) is 1. The van der Waals surface area contributed by atoms with Gasteiger partial charge in [-0.2, -0.15) is 5.26 Å². The maximum Gasteiger partial charge on any atom is 0.222 e. The zero-order valence-electron chi connectivity index (χ0n) is 8.12. The van der Waals surface area contributed by atoms with Crippen molar-refractivity contribution in [3.05, 3.63) is 0 Å². The van der Waals surface area contributed by atoms with Gasteiger partial charge >= 0.3 is 0 Å². The van der Waals surface area contributed by atoms with E-state index in [0.29, 0.717) is 25.3 Å². The summed E-state index contributed by atoms with van der Waals surface area (Å²) in [6.07, 6.45) is 3.43. The number of hydrogen-bond donors (Lipinski definition) is 0. The lowest BCUT2D eigenvalue weighted by Crippen LogP contribution is -2.26. The van der Waals surface area contributed by atoms with Gasteiger partial charge in [-0.3, -0.25) is 4.79 Å². The molecule has 0 saturated carbocycles. The van der Waals surface area contributed by atoms with Crippen molar-refractivity contribution in [1.29, 1.82) is 5.26 Å². The molecule has 13 heavy (non-hydrogen) atoms. The van der Waals surface area contributed by atoms with Crippen LogP contribution in [-0.4, -0.2) is 23.9 Å². The number of nitrogens with zero attached hydrogens (tertiary/aromatic N) is 2. The van der Waals surface area contributed by atoms with Crippen LogP contribution in [0, 0.1) is 17.2 Å². The van der Waals surface area contributed by atoms with Gasteiger partial charge in [0.1, 0.15) is 0 Å². The van der Waals surface area contributed by atoms with Crippen molar-refractivity contribution in [2.75, 3.05) is 13.1 Å². The molecule has 3 heteroatoms. The first kappa shape index (κ1) is 10.0. The zero-order chi connectivity index (χ0) is 9.68. The maximum absolute atomic E-state index is 11.4. The van der Waals surface area contributed by atoms with E-state index in [2.05, 4.69) is 13.0 Å². The summed E-state index contributed by atoms with van der Waals surface area (Å²) in [4.78, 5) is 13.2. The van der Waals surface area contributed by atoms with Crippen LogP contribution >= 0.6 is 0 Å². The molecule has 1 fully saturated rings. The van der Waals surface area contributed by atoms with Crippen LogP contribution < -0.4 is 0 Å². The van der Waals surface area contributed by atoms with Gasteiger partial charge in [0, 0.05) is 19.5 Å². The summed E-state index contributed by atoms with van der Waals surface area (Å²) in [5.74, 6) is 0.768. The number of rotatable bonds is 4. The molecular weight excluding hydrogens is 164 g/mol. The molecule has 0 aromatic carbocycles. The minimum Gasteiger partial charge on any atom is -0.341 e. The summed E-state index contributed by atoms with van der Waals surface area (Å²) < 4.78 is 0. The average Bonchev–Trinajstić information content (AvgIpc) is 2.44. The van der Waals surface area contributed by atoms with Crippen molar-refractivity contribution in [3.8, 4) is 6.07 Å². The van der Waals surface area contributed by atoms with Gasteiger partial charge in [0.15, 0.2) is 0 Å². The first-order valence-electron chi connectivity index (χ1n) is 4.92. The molecule has 1 amide bonds. The highest BCUT2D eigenvalue weighted by Crippen LogP contribution is 2.21. The SMILES string of the molecule is CCCC1CC(=O)N(CCC#N)C1. The topological polar surface area (TPSA) is 44.1 Å². The van der Waals surface area contributed by atoms with Crippen LogP contribution in [0.15, 0.2) is 0 Å². The molecule has 1 rings (SSSR count). The fraction of sp³-hybridized carbons (Fsp3) is 0.800. The highest BCUT2D eigenvalue weighted by Gasteiger charge is 2.27. The van der Waals surface area contributed by atoms with Crippen LogP contribution in [-0.2, 0) is 4.79 Å². The van der Waals surface area contributed by atoms with Gasteiger partial charge in [-0.05, 0) is 12.3 Å². The Hall–Kier alpha value is -1.04. The Kier molecular flexibility index (Phi) is 3.75. The summed E-state index contributed by atoms with van der Waals surface area (Å²) in [5.41, 5.74) is 0. The van der Waals surface area contributed by atoms with Crippen molar-refractivity contribution in [1.82, 2.24) is 4.90 Å². The minimum atomic E-state index is 0.230. The average molecular weight is 180 g/mol. The number of hydrogen-bond acceptors (Lipinski definition) is 2. The molecule has 0 aromatic heterocycles. The predicted molar refractivity (Wildman–Crippen MR) is 49.8 cm³/mol. The summed E-state index contributed by atoms with van der Waals surface area (Å²) in [6.45, 7) is 3.63. The van der Waals surface area contributed by atoms with Crippen molar-refractivity contribution < 1.29 is 4.79 Å². The second-order valence-corrected chi connectivity index (χ2v) is 3.61. The summed E-state index contributed by atoms with van der Waals surface area (Å²) in [6, 6.07) is 2.07. The lowest BCUT2D eigenvalue weighted by molar-refractivity contribution is -0.127. The lowest BCUT2D eigenvalue weighted by atomic mass is 10.0. The van der Waals surface area contributed by atoms with Crippen LogP contribution in [0.25, 0.3) is 0 Å². The molecule has 3 nitrogen and oxygen atoms in total. The van der Waals surface area contributed by atoms with Crippen LogP contribution in [0.3, 0.4) is 0 Å². The molecule has 1 saturated heterocycles. The molecule has 1 heterocycles. The van der Waals surface area contributed by atoms with E-state index >= 15 is 0 Å². The molecule has 1 aliphatic rings. The first-order valence-corrected chi connectivity index (χ1v) is 4.92. The number of carbonyl (C=O) groups excluding carboxylic acids is 1. The second kappa shape index (κ2) is 4.86. The molecule has 72 valence electrons. The molecule has 0 N–H and O–H groups in total. The Morgan fingerprint density at radius 1 is 1.69 bits per heavy atom. The van der Waals surface area contributed by atoms with Crippen LogP contribution in [0.1, 0.15) is 32.6 Å². The summed E-state index contributed by atoms with van der Waals surface area (Å²) in [7, 11) is 0. The van der Waals surface area contributed by atoms with Gasteiger partial charge in [0.05, 0.1) is 12.5 Å². The number of amides is 1.